The van der Waals surface area contributed by atoms with Crippen LogP contribution >= 0.6 is 0 Å². The van der Waals surface area contributed by atoms with E-state index in [2.05, 4.69) is 0 Å². The molecule has 0 aromatic rings. The van der Waals surface area contributed by atoms with Crippen molar-refractivity contribution in [3.05, 3.63) is 0 Å². The van der Waals surface area contributed by atoms with Crippen LogP contribution in [0.15, 0.2) is 0 Å². The normalized spacial score (nSPS) is 25.7. The smallest absolute Gasteiger partial charge is 0.306 e. The van der Waals surface area contributed by atoms with Gasteiger partial charge in [-0.3, -0.25) is 4.79 Å². The summed E-state index contributed by atoms with van der Waals surface area (Å²) >= 11 is 0. The molecule has 11 heavy (non-hydrogen) atoms. The third-order valence-corrected chi connectivity index (χ3v) is 2.80. The van der Waals surface area contributed by atoms with E-state index in [1.165, 1.54) is 0 Å². The Labute approximate surface area is 66.0 Å². The lowest BCUT2D eigenvalue weighted by Crippen LogP contribution is -2.36. The molecule has 1 aliphatic carbocycles. The highest BCUT2D eigenvalue weighted by Crippen LogP contribution is 2.54. The van der Waals surface area contributed by atoms with Gasteiger partial charge >= 0.3 is 5.97 Å². The van der Waals surface area contributed by atoms with Crippen molar-refractivity contribution in [2.45, 2.75) is 38.7 Å². The maximum atomic E-state index is 10.3. The second-order valence-corrected chi connectivity index (χ2v) is 3.91. The molecule has 3 nitrogen and oxygen atoms in total. The average molecular weight is 158 g/mol. The van der Waals surface area contributed by atoms with Gasteiger partial charge in [0, 0.05) is 0 Å². The van der Waals surface area contributed by atoms with Gasteiger partial charge in [0.05, 0.1) is 12.0 Å². The quantitative estimate of drug-likeness (QED) is 0.644. The van der Waals surface area contributed by atoms with Crippen molar-refractivity contribution in [2.75, 3.05) is 0 Å². The molecule has 0 aromatic heterocycles. The molecular weight excluding hydrogens is 144 g/mol. The molecule has 0 saturated heterocycles. The number of carboxylic acid groups (broad SMARTS) is 1. The minimum absolute atomic E-state index is 0.147. The number of rotatable bonds is 3. The molecule has 3 heteroatoms. The van der Waals surface area contributed by atoms with Crippen molar-refractivity contribution in [2.24, 2.45) is 5.41 Å². The number of carbonyl (C=O) groups is 1. The first-order chi connectivity index (χ1) is 4.87. The molecule has 0 radical (unpaired) electrons. The lowest BCUT2D eigenvalue weighted by atomic mass is 9.85. The third-order valence-electron chi connectivity index (χ3n) is 2.80. The molecule has 0 amide bonds. The maximum Gasteiger partial charge on any atom is 0.306 e. The van der Waals surface area contributed by atoms with E-state index in [0.29, 0.717) is 0 Å². The minimum atomic E-state index is -1.03. The topological polar surface area (TPSA) is 57.5 Å². The van der Waals surface area contributed by atoms with Gasteiger partial charge in [-0.25, -0.2) is 0 Å². The molecule has 1 unspecified atom stereocenters. The van der Waals surface area contributed by atoms with Gasteiger partial charge in [0.1, 0.15) is 0 Å². The van der Waals surface area contributed by atoms with Gasteiger partial charge in [-0.15, -0.1) is 0 Å². The average Bonchev–Trinajstić information content (AvgIpc) is 2.44. The summed E-state index contributed by atoms with van der Waals surface area (Å²) in [6.45, 7) is 3.53. The Kier molecular flexibility index (Phi) is 1.71. The van der Waals surface area contributed by atoms with Gasteiger partial charge in [0.2, 0.25) is 0 Å². The van der Waals surface area contributed by atoms with Crippen molar-refractivity contribution in [1.82, 2.24) is 0 Å². The van der Waals surface area contributed by atoms with Crippen LogP contribution in [0.5, 0.6) is 0 Å². The highest BCUT2D eigenvalue weighted by atomic mass is 16.4. The van der Waals surface area contributed by atoms with Crippen LogP contribution in [0.25, 0.3) is 0 Å². The van der Waals surface area contributed by atoms with E-state index in [4.69, 9.17) is 5.11 Å². The van der Waals surface area contributed by atoms with Gasteiger partial charge in [0.25, 0.3) is 0 Å². The monoisotopic (exact) mass is 158 g/mol. The van der Waals surface area contributed by atoms with Crippen LogP contribution in [0, 0.1) is 5.41 Å². The van der Waals surface area contributed by atoms with Crippen LogP contribution in [0.2, 0.25) is 0 Å². The molecule has 0 aromatic carbocycles. The Morgan fingerprint density at radius 1 is 1.64 bits per heavy atom. The summed E-state index contributed by atoms with van der Waals surface area (Å²) in [4.78, 5) is 10.3. The number of aliphatic carboxylic acids is 1. The standard InChI is InChI=1S/C8H14O3/c1-7(3-4-7)8(2,11)5-6(9)10/h11H,3-5H2,1-2H3,(H,9,10). The Balaban J connectivity index is 2.59. The summed E-state index contributed by atoms with van der Waals surface area (Å²) in [6, 6.07) is 0. The molecule has 0 bridgehead atoms. The second kappa shape index (κ2) is 2.21. The van der Waals surface area contributed by atoms with Crippen LogP contribution in [-0.4, -0.2) is 21.8 Å². The minimum Gasteiger partial charge on any atom is -0.481 e. The van der Waals surface area contributed by atoms with Gasteiger partial charge < -0.3 is 10.2 Å². The van der Waals surface area contributed by atoms with E-state index < -0.39 is 11.6 Å². The van der Waals surface area contributed by atoms with Crippen molar-refractivity contribution >= 4 is 5.97 Å². The molecule has 64 valence electrons. The highest BCUT2D eigenvalue weighted by molar-refractivity contribution is 5.68. The fourth-order valence-corrected chi connectivity index (χ4v) is 1.23. The summed E-state index contributed by atoms with van der Waals surface area (Å²) in [6.07, 6.45) is 1.73. The number of carboxylic acids is 1. The first-order valence-corrected chi connectivity index (χ1v) is 3.82. The Morgan fingerprint density at radius 2 is 2.09 bits per heavy atom. The Bertz CT molecular complexity index is 180. The number of hydrogen-bond acceptors (Lipinski definition) is 2. The van der Waals surface area contributed by atoms with Crippen molar-refractivity contribution in [1.29, 1.82) is 0 Å². The summed E-state index contributed by atoms with van der Waals surface area (Å²) in [5.74, 6) is -0.928. The van der Waals surface area contributed by atoms with Gasteiger partial charge in [-0.1, -0.05) is 6.92 Å². The first-order valence-electron chi connectivity index (χ1n) is 3.82. The van der Waals surface area contributed by atoms with Crippen molar-refractivity contribution in [3.8, 4) is 0 Å². The van der Waals surface area contributed by atoms with Crippen LogP contribution in [-0.2, 0) is 4.79 Å². The van der Waals surface area contributed by atoms with Crippen molar-refractivity contribution in [3.63, 3.8) is 0 Å². The molecule has 1 rings (SSSR count). The summed E-state index contributed by atoms with van der Waals surface area (Å²) in [5, 5.41) is 18.2. The Hall–Kier alpha value is -0.570. The first kappa shape index (κ1) is 8.53. The second-order valence-electron chi connectivity index (χ2n) is 3.91. The molecular formula is C8H14O3. The fourth-order valence-electron chi connectivity index (χ4n) is 1.23. The van der Waals surface area contributed by atoms with E-state index in [0.717, 1.165) is 12.8 Å². The predicted molar refractivity (Wildman–Crippen MR) is 40.2 cm³/mol. The van der Waals surface area contributed by atoms with Gasteiger partial charge in [0.15, 0.2) is 0 Å². The van der Waals surface area contributed by atoms with E-state index in [1.807, 2.05) is 6.92 Å². The van der Waals surface area contributed by atoms with Gasteiger partial charge in [-0.05, 0) is 25.2 Å². The summed E-state index contributed by atoms with van der Waals surface area (Å²) in [5.41, 5.74) is -1.18. The zero-order chi connectivity index (χ0) is 8.70. The third kappa shape index (κ3) is 1.53. The highest BCUT2D eigenvalue weighted by Gasteiger charge is 2.52. The summed E-state index contributed by atoms with van der Waals surface area (Å²) < 4.78 is 0. The van der Waals surface area contributed by atoms with E-state index in [-0.39, 0.29) is 11.8 Å². The molecule has 0 spiro atoms. The lowest BCUT2D eigenvalue weighted by Gasteiger charge is -2.28. The Morgan fingerprint density at radius 3 is 2.36 bits per heavy atom. The molecule has 1 atom stereocenters. The lowest BCUT2D eigenvalue weighted by molar-refractivity contribution is -0.144. The summed E-state index contributed by atoms with van der Waals surface area (Å²) in [7, 11) is 0. The SMILES string of the molecule is CC(O)(CC(=O)O)C1(C)CC1. The van der Waals surface area contributed by atoms with Gasteiger partial charge in [-0.2, -0.15) is 0 Å². The van der Waals surface area contributed by atoms with E-state index >= 15 is 0 Å². The largest absolute Gasteiger partial charge is 0.481 e. The van der Waals surface area contributed by atoms with Crippen LogP contribution in [0.1, 0.15) is 33.1 Å². The van der Waals surface area contributed by atoms with Crippen LogP contribution < -0.4 is 0 Å². The fraction of sp³-hybridized carbons (Fsp3) is 0.875. The van der Waals surface area contributed by atoms with Crippen molar-refractivity contribution < 1.29 is 15.0 Å². The molecule has 1 fully saturated rings. The van der Waals surface area contributed by atoms with E-state index in [9.17, 15) is 9.90 Å². The molecule has 1 aliphatic rings. The molecule has 2 N–H and O–H groups in total. The maximum absolute atomic E-state index is 10.3. The zero-order valence-corrected chi connectivity index (χ0v) is 6.92. The predicted octanol–water partition coefficient (Wildman–Crippen LogP) is 1.01. The molecule has 0 aliphatic heterocycles. The molecule has 1 saturated carbocycles. The number of hydrogen-bond donors (Lipinski definition) is 2. The van der Waals surface area contributed by atoms with E-state index in [1.54, 1.807) is 6.92 Å². The van der Waals surface area contributed by atoms with Crippen LogP contribution in [0.4, 0.5) is 0 Å². The zero-order valence-electron chi connectivity index (χ0n) is 6.92. The number of aliphatic hydroxyl groups is 1. The molecule has 0 heterocycles. The van der Waals surface area contributed by atoms with Crippen LogP contribution in [0.3, 0.4) is 0 Å².